The average molecular weight is 332 g/mol. The number of ether oxygens (including phenoxy) is 4. The van der Waals surface area contributed by atoms with Crippen LogP contribution in [0, 0.1) is 0 Å². The van der Waals surface area contributed by atoms with E-state index < -0.39 is 0 Å². The van der Waals surface area contributed by atoms with Crippen LogP contribution in [0.2, 0.25) is 0 Å². The van der Waals surface area contributed by atoms with Gasteiger partial charge in [-0.25, -0.2) is 0 Å². The molecule has 24 heavy (non-hydrogen) atoms. The van der Waals surface area contributed by atoms with Crippen LogP contribution in [0.3, 0.4) is 0 Å². The molecule has 0 aromatic heterocycles. The predicted molar refractivity (Wildman–Crippen MR) is 87.8 cm³/mol. The van der Waals surface area contributed by atoms with E-state index in [-0.39, 0.29) is 17.4 Å². The number of rotatable bonds is 4. The summed E-state index contributed by atoms with van der Waals surface area (Å²) in [4.78, 5) is 0. The highest BCUT2D eigenvalue weighted by molar-refractivity contribution is 5.59. The number of phenolic OH excluding ortho intramolecular Hbond substituents is 2. The molecule has 2 N–H and O–H groups in total. The van der Waals surface area contributed by atoms with Crippen molar-refractivity contribution < 1.29 is 29.2 Å². The number of hydrogen-bond acceptors (Lipinski definition) is 6. The third-order valence-electron chi connectivity index (χ3n) is 4.26. The van der Waals surface area contributed by atoms with E-state index in [0.29, 0.717) is 36.0 Å². The summed E-state index contributed by atoms with van der Waals surface area (Å²) < 4.78 is 21.6. The van der Waals surface area contributed by atoms with Crippen LogP contribution < -0.4 is 18.9 Å². The van der Waals surface area contributed by atoms with E-state index in [1.807, 2.05) is 12.1 Å². The smallest absolute Gasteiger partial charge is 0.203 e. The lowest BCUT2D eigenvalue weighted by Crippen LogP contribution is -2.20. The minimum absolute atomic E-state index is 0.00138. The summed E-state index contributed by atoms with van der Waals surface area (Å²) >= 11 is 0. The molecule has 128 valence electrons. The molecule has 6 heteroatoms. The summed E-state index contributed by atoms with van der Waals surface area (Å²) in [7, 11) is 4.50. The fraction of sp³-hybridized carbons (Fsp3) is 0.333. The van der Waals surface area contributed by atoms with Crippen LogP contribution >= 0.6 is 0 Å². The van der Waals surface area contributed by atoms with E-state index >= 15 is 0 Å². The van der Waals surface area contributed by atoms with Gasteiger partial charge in [-0.1, -0.05) is 12.1 Å². The Balaban J connectivity index is 1.98. The molecule has 0 aliphatic carbocycles. The molecule has 0 unspecified atom stereocenters. The Labute approximate surface area is 140 Å². The van der Waals surface area contributed by atoms with Crippen molar-refractivity contribution in [3.63, 3.8) is 0 Å². The fourth-order valence-electron chi connectivity index (χ4n) is 3.09. The van der Waals surface area contributed by atoms with Gasteiger partial charge in [-0.3, -0.25) is 0 Å². The first-order chi connectivity index (χ1) is 11.6. The fourth-order valence-corrected chi connectivity index (χ4v) is 3.09. The van der Waals surface area contributed by atoms with Crippen molar-refractivity contribution in [1.82, 2.24) is 0 Å². The number of phenols is 2. The van der Waals surface area contributed by atoms with Gasteiger partial charge in [0, 0.05) is 11.5 Å². The molecule has 1 heterocycles. The van der Waals surface area contributed by atoms with E-state index in [2.05, 4.69) is 0 Å². The molecular formula is C18H20O6. The predicted octanol–water partition coefficient (Wildman–Crippen LogP) is 2.84. The maximum absolute atomic E-state index is 10.3. The molecule has 0 radical (unpaired) electrons. The monoisotopic (exact) mass is 332 g/mol. The van der Waals surface area contributed by atoms with Gasteiger partial charge in [0.05, 0.1) is 27.9 Å². The molecule has 3 rings (SSSR count). The van der Waals surface area contributed by atoms with Gasteiger partial charge < -0.3 is 29.2 Å². The van der Waals surface area contributed by atoms with Crippen LogP contribution in [-0.4, -0.2) is 38.1 Å². The molecule has 0 spiro atoms. The molecule has 1 atom stereocenters. The Bertz CT molecular complexity index is 756. The second kappa shape index (κ2) is 6.39. The summed E-state index contributed by atoms with van der Waals surface area (Å²) in [6.07, 6.45) is 0.675. The molecule has 0 saturated heterocycles. The van der Waals surface area contributed by atoms with Crippen LogP contribution in [0.15, 0.2) is 24.3 Å². The topological polar surface area (TPSA) is 77.4 Å². The third-order valence-corrected chi connectivity index (χ3v) is 4.26. The van der Waals surface area contributed by atoms with Crippen LogP contribution in [0.5, 0.6) is 34.5 Å². The first-order valence-corrected chi connectivity index (χ1v) is 7.56. The maximum atomic E-state index is 10.3. The van der Waals surface area contributed by atoms with E-state index in [9.17, 15) is 10.2 Å². The molecule has 1 aliphatic heterocycles. The van der Waals surface area contributed by atoms with Crippen LogP contribution in [0.4, 0.5) is 0 Å². The van der Waals surface area contributed by atoms with Crippen LogP contribution in [0.1, 0.15) is 17.0 Å². The van der Waals surface area contributed by atoms with Crippen LogP contribution in [-0.2, 0) is 6.42 Å². The van der Waals surface area contributed by atoms with E-state index in [1.54, 1.807) is 12.1 Å². The lowest BCUT2D eigenvalue weighted by molar-refractivity contribution is 0.239. The summed E-state index contributed by atoms with van der Waals surface area (Å²) in [5, 5.41) is 20.1. The van der Waals surface area contributed by atoms with Crippen molar-refractivity contribution in [3.05, 3.63) is 35.4 Å². The molecule has 0 saturated carbocycles. The van der Waals surface area contributed by atoms with Crippen molar-refractivity contribution in [2.24, 2.45) is 0 Å². The van der Waals surface area contributed by atoms with Gasteiger partial charge >= 0.3 is 0 Å². The Kier molecular flexibility index (Phi) is 4.29. The Morgan fingerprint density at radius 1 is 0.958 bits per heavy atom. The highest BCUT2D eigenvalue weighted by Gasteiger charge is 2.29. The van der Waals surface area contributed by atoms with Gasteiger partial charge in [0.25, 0.3) is 0 Å². The lowest BCUT2D eigenvalue weighted by atomic mass is 9.89. The van der Waals surface area contributed by atoms with Gasteiger partial charge in [-0.15, -0.1) is 0 Å². The Hall–Kier alpha value is -2.76. The number of fused-ring (bicyclic) bond motifs is 1. The van der Waals surface area contributed by atoms with Crippen molar-refractivity contribution >= 4 is 0 Å². The highest BCUT2D eigenvalue weighted by atomic mass is 16.5. The normalized spacial score (nSPS) is 16.0. The molecule has 0 fully saturated rings. The zero-order chi connectivity index (χ0) is 17.3. The standard InChI is InChI=1S/C18H20O6/c1-21-14-7-5-12(17(22-2)15(14)20)11-8-10-4-6-13(19)18(23-3)16(10)24-9-11/h4-7,11,19-20H,8-9H2,1-3H3/t11-/m0/s1. The molecule has 6 nitrogen and oxygen atoms in total. The molecular weight excluding hydrogens is 312 g/mol. The second-order valence-corrected chi connectivity index (χ2v) is 5.56. The summed E-state index contributed by atoms with van der Waals surface area (Å²) in [6, 6.07) is 6.98. The lowest BCUT2D eigenvalue weighted by Gasteiger charge is -2.28. The van der Waals surface area contributed by atoms with E-state index in [1.165, 1.54) is 21.3 Å². The molecule has 0 amide bonds. The van der Waals surface area contributed by atoms with E-state index in [4.69, 9.17) is 18.9 Å². The van der Waals surface area contributed by atoms with Gasteiger partial charge in [-0.2, -0.15) is 0 Å². The first kappa shape index (κ1) is 16.1. The first-order valence-electron chi connectivity index (χ1n) is 7.56. The minimum atomic E-state index is -0.0217. The summed E-state index contributed by atoms with van der Waals surface area (Å²) in [6.45, 7) is 0.384. The quantitative estimate of drug-likeness (QED) is 0.896. The van der Waals surface area contributed by atoms with E-state index in [0.717, 1.165) is 11.1 Å². The van der Waals surface area contributed by atoms with Crippen molar-refractivity contribution in [3.8, 4) is 34.5 Å². The third kappa shape index (κ3) is 2.54. The number of methoxy groups -OCH3 is 3. The number of benzene rings is 2. The Morgan fingerprint density at radius 3 is 2.38 bits per heavy atom. The van der Waals surface area contributed by atoms with Crippen LogP contribution in [0.25, 0.3) is 0 Å². The van der Waals surface area contributed by atoms with Gasteiger partial charge in [-0.05, 0) is 24.1 Å². The second-order valence-electron chi connectivity index (χ2n) is 5.56. The highest BCUT2D eigenvalue weighted by Crippen LogP contribution is 2.47. The molecule has 1 aliphatic rings. The maximum Gasteiger partial charge on any atom is 0.203 e. The van der Waals surface area contributed by atoms with Gasteiger partial charge in [0.15, 0.2) is 23.0 Å². The average Bonchev–Trinajstić information content (AvgIpc) is 2.61. The molecule has 0 bridgehead atoms. The Morgan fingerprint density at radius 2 is 1.71 bits per heavy atom. The number of hydrogen-bond donors (Lipinski definition) is 2. The molecule has 2 aromatic rings. The SMILES string of the molecule is COc1ccc([C@@H]2COc3c(ccc(O)c3OC)C2)c(OC)c1O. The van der Waals surface area contributed by atoms with Gasteiger partial charge in [0.2, 0.25) is 11.5 Å². The minimum Gasteiger partial charge on any atom is -0.504 e. The zero-order valence-corrected chi connectivity index (χ0v) is 13.8. The zero-order valence-electron chi connectivity index (χ0n) is 13.8. The van der Waals surface area contributed by atoms with Gasteiger partial charge in [0.1, 0.15) is 0 Å². The van der Waals surface area contributed by atoms with Crippen molar-refractivity contribution in [2.75, 3.05) is 27.9 Å². The summed E-state index contributed by atoms with van der Waals surface area (Å²) in [5.74, 6) is 1.68. The molecule has 2 aromatic carbocycles. The van der Waals surface area contributed by atoms with Crippen molar-refractivity contribution in [1.29, 1.82) is 0 Å². The van der Waals surface area contributed by atoms with Crippen molar-refractivity contribution in [2.45, 2.75) is 12.3 Å². The largest absolute Gasteiger partial charge is 0.504 e. The number of aromatic hydroxyl groups is 2. The summed E-state index contributed by atoms with van der Waals surface area (Å²) in [5.41, 5.74) is 1.77.